The summed E-state index contributed by atoms with van der Waals surface area (Å²) in [6.45, 7) is 6.02. The first-order valence-electron chi connectivity index (χ1n) is 1.60. The Balaban J connectivity index is 2.40. The molecule has 0 aromatic rings. The maximum absolute atomic E-state index is 3.35. The lowest BCUT2D eigenvalue weighted by Gasteiger charge is -1.82. The largest absolute Gasteiger partial charge is 0.311 e. The van der Waals surface area contributed by atoms with Gasteiger partial charge in [-0.05, 0) is 6.92 Å². The van der Waals surface area contributed by atoms with Crippen molar-refractivity contribution < 1.29 is 0 Å². The van der Waals surface area contributed by atoms with Gasteiger partial charge >= 0.3 is 0 Å². The van der Waals surface area contributed by atoms with Gasteiger partial charge in [-0.15, -0.1) is 0 Å². The third kappa shape index (κ3) is 3.47. The van der Waals surface area contributed by atoms with E-state index in [4.69, 9.17) is 0 Å². The van der Waals surface area contributed by atoms with Crippen LogP contribution in [0, 0.1) is 0 Å². The van der Waals surface area contributed by atoms with Gasteiger partial charge in [0.2, 0.25) is 0 Å². The molecule has 0 aliphatic heterocycles. The molecule has 0 spiro atoms. The van der Waals surface area contributed by atoms with Crippen LogP contribution in [-0.4, -0.2) is 13.3 Å². The SMILES string of the molecule is C=NNCC. The molecule has 0 aliphatic carbocycles. The van der Waals surface area contributed by atoms with Crippen molar-refractivity contribution in [2.24, 2.45) is 5.10 Å². The van der Waals surface area contributed by atoms with Crippen LogP contribution >= 0.6 is 0 Å². The van der Waals surface area contributed by atoms with E-state index < -0.39 is 0 Å². The van der Waals surface area contributed by atoms with E-state index in [-0.39, 0.29) is 0 Å². The lowest BCUT2D eigenvalue weighted by molar-refractivity contribution is 0.791. The normalized spacial score (nSPS) is 6.60. The van der Waals surface area contributed by atoms with E-state index in [1.807, 2.05) is 6.92 Å². The predicted molar refractivity (Wildman–Crippen MR) is 23.2 cm³/mol. The van der Waals surface area contributed by atoms with Crippen LogP contribution in [0.4, 0.5) is 0 Å². The number of nitrogens with one attached hydrogen (secondary N) is 1. The van der Waals surface area contributed by atoms with Crippen molar-refractivity contribution in [2.45, 2.75) is 6.92 Å². The van der Waals surface area contributed by atoms with E-state index in [0.717, 1.165) is 6.54 Å². The minimum atomic E-state index is 0.865. The van der Waals surface area contributed by atoms with Crippen LogP contribution in [0.15, 0.2) is 5.10 Å². The molecule has 0 fully saturated rings. The van der Waals surface area contributed by atoms with Crippen molar-refractivity contribution in [3.63, 3.8) is 0 Å². The molecule has 2 nitrogen and oxygen atoms in total. The van der Waals surface area contributed by atoms with Crippen LogP contribution in [0.3, 0.4) is 0 Å². The van der Waals surface area contributed by atoms with Crippen LogP contribution in [0.1, 0.15) is 6.92 Å². The summed E-state index contributed by atoms with van der Waals surface area (Å²) in [6.07, 6.45) is 0. The fraction of sp³-hybridized carbons (Fsp3) is 0.667. The van der Waals surface area contributed by atoms with E-state index >= 15 is 0 Å². The Kier molecular flexibility index (Phi) is 3.10. The smallest absolute Gasteiger partial charge is 0.0301 e. The average Bonchev–Trinajstić information content (AvgIpc) is 1.41. The molecule has 0 radical (unpaired) electrons. The predicted octanol–water partition coefficient (Wildman–Crippen LogP) is 0.211. The van der Waals surface area contributed by atoms with Crippen molar-refractivity contribution in [3.8, 4) is 0 Å². The van der Waals surface area contributed by atoms with Crippen molar-refractivity contribution in [2.75, 3.05) is 6.54 Å². The second kappa shape index (κ2) is 3.47. The summed E-state index contributed by atoms with van der Waals surface area (Å²) in [4.78, 5) is 0. The molecule has 0 aromatic heterocycles. The van der Waals surface area contributed by atoms with Crippen molar-refractivity contribution in [1.29, 1.82) is 0 Å². The monoisotopic (exact) mass is 72.1 g/mol. The van der Waals surface area contributed by atoms with Gasteiger partial charge in [0.05, 0.1) is 0 Å². The molecule has 2 heteroatoms. The maximum atomic E-state index is 3.35. The minimum Gasteiger partial charge on any atom is -0.311 e. The molecule has 0 saturated heterocycles. The third-order valence-corrected chi connectivity index (χ3v) is 0.270. The quantitative estimate of drug-likeness (QED) is 0.366. The van der Waals surface area contributed by atoms with E-state index in [1.54, 1.807) is 0 Å². The molecular weight excluding hydrogens is 64.0 g/mol. The molecule has 0 heterocycles. The van der Waals surface area contributed by atoms with Gasteiger partial charge in [-0.25, -0.2) is 0 Å². The molecule has 5 heavy (non-hydrogen) atoms. The van der Waals surface area contributed by atoms with Crippen LogP contribution in [0.2, 0.25) is 0 Å². The highest BCUT2D eigenvalue weighted by Gasteiger charge is 1.54. The van der Waals surface area contributed by atoms with Gasteiger partial charge in [-0.2, -0.15) is 5.10 Å². The molecule has 0 saturated carbocycles. The number of hydrogen-bond donors (Lipinski definition) is 1. The van der Waals surface area contributed by atoms with Crippen molar-refractivity contribution in [3.05, 3.63) is 0 Å². The van der Waals surface area contributed by atoms with Gasteiger partial charge in [-0.3, -0.25) is 0 Å². The second-order valence-corrected chi connectivity index (χ2v) is 0.670. The fourth-order valence-corrected chi connectivity index (χ4v) is 0.112. The summed E-state index contributed by atoms with van der Waals surface area (Å²) in [5, 5.41) is 3.35. The standard InChI is InChI=1S/C3H8N2/c1-3-5-4-2/h5H,2-3H2,1H3. The Bertz CT molecular complexity index is 26.1. The summed E-state index contributed by atoms with van der Waals surface area (Å²) < 4.78 is 0. The molecule has 1 N–H and O–H groups in total. The van der Waals surface area contributed by atoms with E-state index in [1.165, 1.54) is 0 Å². The Morgan fingerprint density at radius 3 is 2.60 bits per heavy atom. The second-order valence-electron chi connectivity index (χ2n) is 0.670. The molecular formula is C3H8N2. The van der Waals surface area contributed by atoms with Gasteiger partial charge in [0.1, 0.15) is 0 Å². The highest BCUT2D eigenvalue weighted by atomic mass is 15.3. The highest BCUT2D eigenvalue weighted by molar-refractivity contribution is 5.22. The highest BCUT2D eigenvalue weighted by Crippen LogP contribution is 1.45. The third-order valence-electron chi connectivity index (χ3n) is 0.270. The number of nitrogens with zero attached hydrogens (tertiary/aromatic N) is 1. The molecule has 30 valence electrons. The Hall–Kier alpha value is -0.530. The Morgan fingerprint density at radius 1 is 2.00 bits per heavy atom. The maximum Gasteiger partial charge on any atom is 0.0301 e. The van der Waals surface area contributed by atoms with Gasteiger partial charge in [-0.1, -0.05) is 0 Å². The number of hydrazone groups is 1. The van der Waals surface area contributed by atoms with Gasteiger partial charge < -0.3 is 5.43 Å². The van der Waals surface area contributed by atoms with E-state index in [2.05, 4.69) is 17.2 Å². The molecule has 0 aromatic carbocycles. The molecule has 0 atom stereocenters. The fourth-order valence-electron chi connectivity index (χ4n) is 0.112. The number of hydrogen-bond acceptors (Lipinski definition) is 2. The molecule has 0 unspecified atom stereocenters. The van der Waals surface area contributed by atoms with E-state index in [0.29, 0.717) is 0 Å². The first kappa shape index (κ1) is 4.47. The van der Waals surface area contributed by atoms with Crippen LogP contribution in [0.25, 0.3) is 0 Å². The average molecular weight is 72.1 g/mol. The zero-order valence-corrected chi connectivity index (χ0v) is 3.36. The lowest BCUT2D eigenvalue weighted by Crippen LogP contribution is -1.99. The van der Waals surface area contributed by atoms with Crippen molar-refractivity contribution in [1.82, 2.24) is 5.43 Å². The summed E-state index contributed by atoms with van der Waals surface area (Å²) in [5.74, 6) is 0. The van der Waals surface area contributed by atoms with E-state index in [9.17, 15) is 0 Å². The first-order chi connectivity index (χ1) is 2.41. The summed E-state index contributed by atoms with van der Waals surface area (Å²) in [6, 6.07) is 0. The lowest BCUT2D eigenvalue weighted by atomic mass is 10.8. The summed E-state index contributed by atoms with van der Waals surface area (Å²) in [7, 11) is 0. The molecule has 0 aliphatic rings. The summed E-state index contributed by atoms with van der Waals surface area (Å²) in [5.41, 5.74) is 2.62. The summed E-state index contributed by atoms with van der Waals surface area (Å²) >= 11 is 0. The Morgan fingerprint density at radius 2 is 2.60 bits per heavy atom. The molecule has 0 amide bonds. The van der Waals surface area contributed by atoms with Gasteiger partial charge in [0, 0.05) is 13.3 Å². The van der Waals surface area contributed by atoms with Crippen LogP contribution in [0.5, 0.6) is 0 Å². The first-order valence-corrected chi connectivity index (χ1v) is 1.60. The number of rotatable bonds is 2. The minimum absolute atomic E-state index is 0.865. The van der Waals surface area contributed by atoms with Crippen LogP contribution < -0.4 is 5.43 Å². The Labute approximate surface area is 31.9 Å². The molecule has 0 bridgehead atoms. The molecule has 0 rings (SSSR count). The zero-order valence-electron chi connectivity index (χ0n) is 3.36. The van der Waals surface area contributed by atoms with Crippen LogP contribution in [-0.2, 0) is 0 Å². The van der Waals surface area contributed by atoms with Gasteiger partial charge in [0.25, 0.3) is 0 Å². The van der Waals surface area contributed by atoms with Gasteiger partial charge in [0.15, 0.2) is 0 Å². The van der Waals surface area contributed by atoms with Crippen molar-refractivity contribution >= 4 is 6.72 Å². The zero-order chi connectivity index (χ0) is 4.12. The topological polar surface area (TPSA) is 24.4 Å².